The summed E-state index contributed by atoms with van der Waals surface area (Å²) in [5, 5.41) is 0. The number of aromatic nitrogens is 2. The Labute approximate surface area is 162 Å². The van der Waals surface area contributed by atoms with Crippen LogP contribution in [-0.4, -0.2) is 35.9 Å². The van der Waals surface area contributed by atoms with Gasteiger partial charge in [-0.05, 0) is 6.07 Å². The first-order chi connectivity index (χ1) is 10.7. The first kappa shape index (κ1) is 20.0. The van der Waals surface area contributed by atoms with E-state index in [9.17, 15) is 4.79 Å². The number of nitrogens with zero attached hydrogens (tertiary/aromatic N) is 3. The van der Waals surface area contributed by atoms with E-state index in [1.165, 1.54) is 4.57 Å². The van der Waals surface area contributed by atoms with Gasteiger partial charge in [0.05, 0.1) is 13.2 Å². The summed E-state index contributed by atoms with van der Waals surface area (Å²) in [6.45, 7) is 8.97. The third-order valence-electron chi connectivity index (χ3n) is 3.35. The average Bonchev–Trinajstić information content (AvgIpc) is 2.58. The molecule has 0 atom stereocenters. The summed E-state index contributed by atoms with van der Waals surface area (Å²) in [5.41, 5.74) is 1.80. The maximum atomic E-state index is 12.2. The quantitative estimate of drug-likeness (QED) is 0.739. The summed E-state index contributed by atoms with van der Waals surface area (Å²) in [5.74, 6) is 0.592. The largest absolute Gasteiger partial charge is 0.378 e. The molecular formula is C17H22N3O2Y-. The van der Waals surface area contributed by atoms with Gasteiger partial charge in [-0.3, -0.25) is 4.79 Å². The second-order valence-corrected chi connectivity index (χ2v) is 4.78. The minimum atomic E-state index is -0.0845. The molecule has 0 bridgehead atoms. The van der Waals surface area contributed by atoms with Crippen LogP contribution >= 0.6 is 0 Å². The number of aryl methyl sites for hydroxylation is 1. The molecule has 121 valence electrons. The minimum absolute atomic E-state index is 0. The molecule has 3 heterocycles. The summed E-state index contributed by atoms with van der Waals surface area (Å²) in [4.78, 5) is 18.6. The van der Waals surface area contributed by atoms with Crippen LogP contribution in [0.15, 0.2) is 35.4 Å². The van der Waals surface area contributed by atoms with Crippen molar-refractivity contribution in [1.29, 1.82) is 0 Å². The number of rotatable bonds is 2. The molecule has 5 nitrogen and oxygen atoms in total. The molecule has 23 heavy (non-hydrogen) atoms. The van der Waals surface area contributed by atoms with Crippen LogP contribution in [0.1, 0.15) is 19.4 Å². The molecule has 3 rings (SSSR count). The predicted octanol–water partition coefficient (Wildman–Crippen LogP) is 2.20. The van der Waals surface area contributed by atoms with Crippen molar-refractivity contribution >= 4 is 5.69 Å². The van der Waals surface area contributed by atoms with Gasteiger partial charge in [-0.25, -0.2) is 0 Å². The molecule has 0 saturated carbocycles. The summed E-state index contributed by atoms with van der Waals surface area (Å²) in [6, 6.07) is 8.37. The molecule has 1 aliphatic heterocycles. The standard InChI is InChI=1S/C15H16N3O2.C2H6.Y/c1-12-2-3-14(16-11-12)18-5-4-13(10-15(18)19)17-6-8-20-9-7-17;1-2;/h3-5,10-11H,6-9H2,1H3;1-2H3;/q-1;;. The van der Waals surface area contributed by atoms with Crippen LogP contribution in [0.4, 0.5) is 5.69 Å². The fourth-order valence-electron chi connectivity index (χ4n) is 2.22. The van der Waals surface area contributed by atoms with Crippen molar-refractivity contribution in [2.24, 2.45) is 0 Å². The molecule has 6 heteroatoms. The Hall–Kier alpha value is -1.04. The van der Waals surface area contributed by atoms with Gasteiger partial charge in [-0.2, -0.15) is 6.07 Å². The molecule has 1 aliphatic rings. The SMILES string of the molecule is CC.Cc1[c-]cc(-n2ccc(N3CCOCC3)cc2=O)nc1.[Y]. The third-order valence-corrected chi connectivity index (χ3v) is 3.35. The summed E-state index contributed by atoms with van der Waals surface area (Å²) >= 11 is 0. The molecule has 2 aromatic heterocycles. The van der Waals surface area contributed by atoms with Gasteiger partial charge in [0.1, 0.15) is 0 Å². The van der Waals surface area contributed by atoms with Gasteiger partial charge in [0.2, 0.25) is 5.56 Å². The van der Waals surface area contributed by atoms with E-state index in [1.807, 2.05) is 26.8 Å². The molecule has 0 unspecified atom stereocenters. The monoisotopic (exact) mass is 389 g/mol. The van der Waals surface area contributed by atoms with Gasteiger partial charge in [-0.1, -0.05) is 27.0 Å². The van der Waals surface area contributed by atoms with E-state index in [1.54, 1.807) is 24.5 Å². The van der Waals surface area contributed by atoms with E-state index >= 15 is 0 Å². The average molecular weight is 389 g/mol. The van der Waals surface area contributed by atoms with E-state index < -0.39 is 0 Å². The number of hydrogen-bond acceptors (Lipinski definition) is 4. The summed E-state index contributed by atoms with van der Waals surface area (Å²) in [7, 11) is 0. The van der Waals surface area contributed by atoms with E-state index in [2.05, 4.69) is 16.0 Å². The van der Waals surface area contributed by atoms with Crippen molar-refractivity contribution < 1.29 is 37.4 Å². The molecule has 1 fully saturated rings. The number of hydrogen-bond donors (Lipinski definition) is 0. The van der Waals surface area contributed by atoms with E-state index in [-0.39, 0.29) is 38.3 Å². The molecule has 1 saturated heterocycles. The maximum absolute atomic E-state index is 12.2. The molecule has 1 radical (unpaired) electrons. The number of anilines is 1. The van der Waals surface area contributed by atoms with Gasteiger partial charge < -0.3 is 19.2 Å². The van der Waals surface area contributed by atoms with E-state index in [0.717, 1.165) is 24.3 Å². The van der Waals surface area contributed by atoms with Crippen molar-refractivity contribution in [2.75, 3.05) is 31.2 Å². The third kappa shape index (κ3) is 5.23. The Balaban J connectivity index is 0.000000849. The topological polar surface area (TPSA) is 47.4 Å². The molecule has 0 aliphatic carbocycles. The van der Waals surface area contributed by atoms with Crippen molar-refractivity contribution in [2.45, 2.75) is 20.8 Å². The Bertz CT molecular complexity index is 650. The second-order valence-electron chi connectivity index (χ2n) is 4.78. The molecule has 0 amide bonds. The first-order valence-electron chi connectivity index (χ1n) is 7.64. The zero-order valence-electron chi connectivity index (χ0n) is 14.0. The van der Waals surface area contributed by atoms with Gasteiger partial charge in [0.25, 0.3) is 0 Å². The van der Waals surface area contributed by atoms with Crippen molar-refractivity contribution in [3.05, 3.63) is 52.6 Å². The van der Waals surface area contributed by atoms with Crippen LogP contribution in [0.5, 0.6) is 0 Å². The van der Waals surface area contributed by atoms with Crippen LogP contribution in [-0.2, 0) is 37.4 Å². The van der Waals surface area contributed by atoms with Crippen LogP contribution in [0, 0.1) is 13.0 Å². The fourth-order valence-corrected chi connectivity index (χ4v) is 2.22. The summed E-state index contributed by atoms with van der Waals surface area (Å²) in [6.07, 6.45) is 3.47. The minimum Gasteiger partial charge on any atom is -0.378 e. The maximum Gasteiger partial charge on any atom is 0.247 e. The van der Waals surface area contributed by atoms with Crippen molar-refractivity contribution in [3.63, 3.8) is 0 Å². The van der Waals surface area contributed by atoms with Gasteiger partial charge >= 0.3 is 0 Å². The second kappa shape index (κ2) is 9.96. The predicted molar refractivity (Wildman–Crippen MR) is 87.8 cm³/mol. The molecular weight excluding hydrogens is 367 g/mol. The van der Waals surface area contributed by atoms with Crippen LogP contribution in [0.3, 0.4) is 0 Å². The molecule has 0 N–H and O–H groups in total. The zero-order chi connectivity index (χ0) is 15.9. The fraction of sp³-hybridized carbons (Fsp3) is 0.412. The normalized spacial score (nSPS) is 13.6. The molecule has 0 spiro atoms. The Morgan fingerprint density at radius 2 is 1.96 bits per heavy atom. The molecule has 0 aromatic carbocycles. The molecule has 2 aromatic rings. The van der Waals surface area contributed by atoms with Gasteiger partial charge in [-0.15, -0.1) is 11.6 Å². The Kier molecular flexibility index (Phi) is 8.66. The van der Waals surface area contributed by atoms with E-state index in [4.69, 9.17) is 4.74 Å². The van der Waals surface area contributed by atoms with Gasteiger partial charge in [0.15, 0.2) is 0 Å². The van der Waals surface area contributed by atoms with Crippen molar-refractivity contribution in [1.82, 2.24) is 9.55 Å². The summed E-state index contributed by atoms with van der Waals surface area (Å²) < 4.78 is 6.84. The first-order valence-corrected chi connectivity index (χ1v) is 7.64. The number of morpholine rings is 1. The smallest absolute Gasteiger partial charge is 0.247 e. The van der Waals surface area contributed by atoms with Crippen LogP contribution in [0.2, 0.25) is 0 Å². The van der Waals surface area contributed by atoms with Gasteiger partial charge in [0, 0.05) is 69.6 Å². The Morgan fingerprint density at radius 3 is 2.52 bits per heavy atom. The number of pyridine rings is 2. The number of ether oxygens (including phenoxy) is 1. The van der Waals surface area contributed by atoms with E-state index in [0.29, 0.717) is 19.0 Å². The van der Waals surface area contributed by atoms with Crippen LogP contribution < -0.4 is 10.5 Å². The van der Waals surface area contributed by atoms with Crippen molar-refractivity contribution in [3.8, 4) is 5.82 Å². The zero-order valence-corrected chi connectivity index (χ0v) is 16.8. The van der Waals surface area contributed by atoms with Crippen LogP contribution in [0.25, 0.3) is 5.82 Å². The Morgan fingerprint density at radius 1 is 1.26 bits per heavy atom.